The van der Waals surface area contributed by atoms with E-state index >= 15 is 0 Å². The van der Waals surface area contributed by atoms with Crippen LogP contribution in [0.2, 0.25) is 5.02 Å². The van der Waals surface area contributed by atoms with Gasteiger partial charge in [-0.25, -0.2) is 0 Å². The van der Waals surface area contributed by atoms with E-state index in [1.54, 1.807) is 12.1 Å². The molecular weight excluding hydrogens is 184 g/mol. The Morgan fingerprint density at radius 3 is 2.09 bits per heavy atom. The molecule has 0 amide bonds. The summed E-state index contributed by atoms with van der Waals surface area (Å²) in [4.78, 5) is 0.587. The monoisotopic (exact) mass is 190 g/mol. The van der Waals surface area contributed by atoms with Crippen molar-refractivity contribution in [1.82, 2.24) is 0 Å². The molecule has 0 heterocycles. The van der Waals surface area contributed by atoms with Crippen LogP contribution in [-0.4, -0.2) is 4.55 Å². The minimum atomic E-state index is 0.336. The van der Waals surface area contributed by atoms with Gasteiger partial charge < -0.3 is 16.0 Å². The summed E-state index contributed by atoms with van der Waals surface area (Å²) in [7, 11) is 0. The molecule has 0 atom stereocenters. The summed E-state index contributed by atoms with van der Waals surface area (Å²) < 4.78 is 8.64. The molecule has 11 heavy (non-hydrogen) atoms. The number of nitrogen functional groups attached to an aromatic ring is 2. The summed E-state index contributed by atoms with van der Waals surface area (Å²) in [5.41, 5.74) is 11.7. The lowest BCUT2D eigenvalue weighted by atomic mass is 10.3. The molecule has 0 unspecified atom stereocenters. The van der Waals surface area contributed by atoms with Gasteiger partial charge in [-0.05, 0) is 12.1 Å². The highest BCUT2D eigenvalue weighted by atomic mass is 35.5. The van der Waals surface area contributed by atoms with Gasteiger partial charge in [0.15, 0.2) is 0 Å². The third kappa shape index (κ3) is 1.71. The third-order valence-corrected chi connectivity index (χ3v) is 2.09. The van der Waals surface area contributed by atoms with Crippen molar-refractivity contribution in [3.8, 4) is 0 Å². The number of benzene rings is 1. The Bertz CT molecular complexity index is 256. The first-order chi connectivity index (χ1) is 5.15. The Morgan fingerprint density at radius 1 is 1.27 bits per heavy atom. The summed E-state index contributed by atoms with van der Waals surface area (Å²) in [6.07, 6.45) is 0. The van der Waals surface area contributed by atoms with Gasteiger partial charge in [0.1, 0.15) is 0 Å². The minimum absolute atomic E-state index is 0.336. The van der Waals surface area contributed by atoms with Gasteiger partial charge >= 0.3 is 0 Å². The summed E-state index contributed by atoms with van der Waals surface area (Å²) in [6.45, 7) is 0. The van der Waals surface area contributed by atoms with E-state index in [1.807, 2.05) is 0 Å². The number of anilines is 2. The van der Waals surface area contributed by atoms with Crippen LogP contribution >= 0.6 is 23.6 Å². The molecule has 0 aromatic heterocycles. The van der Waals surface area contributed by atoms with Gasteiger partial charge in [0.2, 0.25) is 0 Å². The minimum Gasteiger partial charge on any atom is -0.397 e. The second kappa shape index (κ2) is 3.21. The predicted molar refractivity (Wildman–Crippen MR) is 48.8 cm³/mol. The van der Waals surface area contributed by atoms with Crippen molar-refractivity contribution in [1.29, 1.82) is 0 Å². The molecule has 1 aromatic carbocycles. The van der Waals surface area contributed by atoms with E-state index in [2.05, 4.69) is 0 Å². The van der Waals surface area contributed by atoms with Crippen LogP contribution in [0.3, 0.4) is 0 Å². The normalized spacial score (nSPS) is 10.0. The molecule has 0 aliphatic heterocycles. The van der Waals surface area contributed by atoms with Gasteiger partial charge in [0.05, 0.1) is 16.4 Å². The lowest BCUT2D eigenvalue weighted by Crippen LogP contribution is -1.93. The highest BCUT2D eigenvalue weighted by Crippen LogP contribution is 2.30. The molecule has 60 valence electrons. The number of rotatable bonds is 1. The van der Waals surface area contributed by atoms with Crippen LogP contribution in [0.5, 0.6) is 0 Å². The Labute approximate surface area is 73.5 Å². The van der Waals surface area contributed by atoms with Crippen molar-refractivity contribution in [2.24, 2.45) is 0 Å². The lowest BCUT2D eigenvalue weighted by molar-refractivity contribution is 0.664. The fourth-order valence-corrected chi connectivity index (χ4v) is 1.16. The van der Waals surface area contributed by atoms with Crippen molar-refractivity contribution in [2.45, 2.75) is 4.90 Å². The van der Waals surface area contributed by atoms with Gasteiger partial charge in [-0.1, -0.05) is 11.6 Å². The number of hydrogen-bond donors (Lipinski definition) is 3. The van der Waals surface area contributed by atoms with Gasteiger partial charge in [-0.15, -0.1) is 0 Å². The molecule has 0 aliphatic carbocycles. The summed E-state index contributed by atoms with van der Waals surface area (Å²) in [5, 5.41) is 0.336. The standard InChI is InChI=1S/C6H7ClN2OS/c7-6-4(8)1-3(11-10)2-5(6)9/h1-2,10H,8-9H2. The van der Waals surface area contributed by atoms with E-state index in [-0.39, 0.29) is 0 Å². The topological polar surface area (TPSA) is 72.3 Å². The maximum atomic E-state index is 8.64. The van der Waals surface area contributed by atoms with Gasteiger partial charge in [0, 0.05) is 16.9 Å². The third-order valence-electron chi connectivity index (χ3n) is 1.21. The molecule has 0 aliphatic rings. The molecule has 3 nitrogen and oxygen atoms in total. The second-order valence-electron chi connectivity index (χ2n) is 2.01. The van der Waals surface area contributed by atoms with E-state index in [9.17, 15) is 0 Å². The maximum absolute atomic E-state index is 8.64. The van der Waals surface area contributed by atoms with Crippen molar-refractivity contribution < 1.29 is 4.55 Å². The first-order valence-electron chi connectivity index (χ1n) is 2.81. The van der Waals surface area contributed by atoms with Crippen LogP contribution in [0.1, 0.15) is 0 Å². The molecule has 0 saturated carbocycles. The molecule has 0 fully saturated rings. The van der Waals surface area contributed by atoms with Gasteiger partial charge in [0.25, 0.3) is 0 Å². The number of halogens is 1. The van der Waals surface area contributed by atoms with Crippen molar-refractivity contribution in [3.05, 3.63) is 17.2 Å². The second-order valence-corrected chi connectivity index (χ2v) is 3.04. The zero-order chi connectivity index (χ0) is 8.43. The summed E-state index contributed by atoms with van der Waals surface area (Å²) >= 11 is 6.25. The highest BCUT2D eigenvalue weighted by molar-refractivity contribution is 7.93. The van der Waals surface area contributed by atoms with Crippen molar-refractivity contribution in [2.75, 3.05) is 11.5 Å². The van der Waals surface area contributed by atoms with Crippen LogP contribution < -0.4 is 11.5 Å². The fourth-order valence-electron chi connectivity index (χ4n) is 0.694. The highest BCUT2D eigenvalue weighted by Gasteiger charge is 2.03. The van der Waals surface area contributed by atoms with E-state index in [0.29, 0.717) is 33.3 Å². The van der Waals surface area contributed by atoms with Crippen LogP contribution in [0.4, 0.5) is 11.4 Å². The smallest absolute Gasteiger partial charge is 0.0865 e. The molecule has 5 heteroatoms. The molecular formula is C6H7ClN2OS. The molecule has 5 N–H and O–H groups in total. The largest absolute Gasteiger partial charge is 0.397 e. The average molecular weight is 191 g/mol. The summed E-state index contributed by atoms with van der Waals surface area (Å²) in [6, 6.07) is 3.12. The van der Waals surface area contributed by atoms with Gasteiger partial charge in [-0.2, -0.15) is 0 Å². The van der Waals surface area contributed by atoms with Crippen molar-refractivity contribution >= 4 is 35.0 Å². The Morgan fingerprint density at radius 2 is 1.73 bits per heavy atom. The SMILES string of the molecule is Nc1cc(SO)cc(N)c1Cl. The quantitative estimate of drug-likeness (QED) is 0.468. The van der Waals surface area contributed by atoms with Crippen molar-refractivity contribution in [3.63, 3.8) is 0 Å². The van der Waals surface area contributed by atoms with E-state index in [1.165, 1.54) is 0 Å². The van der Waals surface area contributed by atoms with Crippen LogP contribution in [-0.2, 0) is 0 Å². The fraction of sp³-hybridized carbons (Fsp3) is 0. The lowest BCUT2D eigenvalue weighted by Gasteiger charge is -2.03. The van der Waals surface area contributed by atoms with Crippen LogP contribution in [0.25, 0.3) is 0 Å². The Hall–Kier alpha value is -0.580. The first-order valence-corrected chi connectivity index (χ1v) is 3.96. The maximum Gasteiger partial charge on any atom is 0.0865 e. The van der Waals surface area contributed by atoms with E-state index in [0.717, 1.165) is 0 Å². The molecule has 1 aromatic rings. The van der Waals surface area contributed by atoms with Gasteiger partial charge in [-0.3, -0.25) is 0 Å². The van der Waals surface area contributed by atoms with E-state index < -0.39 is 0 Å². The summed E-state index contributed by atoms with van der Waals surface area (Å²) in [5.74, 6) is 0. The number of hydrogen-bond acceptors (Lipinski definition) is 4. The average Bonchev–Trinajstić information content (AvgIpc) is 1.99. The molecule has 0 spiro atoms. The predicted octanol–water partition coefficient (Wildman–Crippen LogP) is 2.07. The van der Waals surface area contributed by atoms with E-state index in [4.69, 9.17) is 27.6 Å². The zero-order valence-electron chi connectivity index (χ0n) is 5.54. The van der Waals surface area contributed by atoms with Crippen LogP contribution in [0.15, 0.2) is 17.0 Å². The van der Waals surface area contributed by atoms with Crippen LogP contribution in [0, 0.1) is 0 Å². The molecule has 0 radical (unpaired) electrons. The molecule has 0 saturated heterocycles. The molecule has 1 rings (SSSR count). The Kier molecular flexibility index (Phi) is 2.49. The number of nitrogens with two attached hydrogens (primary N) is 2. The first kappa shape index (κ1) is 8.52. The zero-order valence-corrected chi connectivity index (χ0v) is 7.12. The Balaban J connectivity index is 3.21. The molecule has 0 bridgehead atoms.